The molecular formula is C15H33N. The highest BCUT2D eigenvalue weighted by molar-refractivity contribution is 4.67. The first-order valence-electron chi connectivity index (χ1n) is 7.46. The van der Waals surface area contributed by atoms with Gasteiger partial charge in [-0.3, -0.25) is 0 Å². The SMILES string of the molecule is CCCCCCCCCC(CC)NC(C)C. The normalized spacial score (nSPS) is 13.3. The van der Waals surface area contributed by atoms with Gasteiger partial charge < -0.3 is 5.32 Å². The van der Waals surface area contributed by atoms with Gasteiger partial charge in [-0.25, -0.2) is 0 Å². The van der Waals surface area contributed by atoms with Crippen LogP contribution < -0.4 is 5.32 Å². The van der Waals surface area contributed by atoms with Crippen molar-refractivity contribution < 1.29 is 0 Å². The molecule has 0 spiro atoms. The van der Waals surface area contributed by atoms with E-state index in [1.54, 1.807) is 0 Å². The van der Waals surface area contributed by atoms with Crippen molar-refractivity contribution in [3.63, 3.8) is 0 Å². The molecule has 98 valence electrons. The summed E-state index contributed by atoms with van der Waals surface area (Å²) >= 11 is 0. The Balaban J connectivity index is 3.27. The summed E-state index contributed by atoms with van der Waals surface area (Å²) in [6, 6.07) is 1.38. The lowest BCUT2D eigenvalue weighted by Crippen LogP contribution is -2.34. The average molecular weight is 227 g/mol. The maximum atomic E-state index is 3.64. The van der Waals surface area contributed by atoms with E-state index >= 15 is 0 Å². The van der Waals surface area contributed by atoms with E-state index in [0.717, 1.165) is 6.04 Å². The van der Waals surface area contributed by atoms with Gasteiger partial charge in [0.05, 0.1) is 0 Å². The molecule has 0 bridgehead atoms. The molecule has 0 aliphatic heterocycles. The van der Waals surface area contributed by atoms with Gasteiger partial charge in [0.1, 0.15) is 0 Å². The molecule has 1 nitrogen and oxygen atoms in total. The van der Waals surface area contributed by atoms with Gasteiger partial charge in [-0.1, -0.05) is 72.6 Å². The summed E-state index contributed by atoms with van der Waals surface area (Å²) in [5.74, 6) is 0. The number of rotatable bonds is 11. The fraction of sp³-hybridized carbons (Fsp3) is 1.00. The lowest BCUT2D eigenvalue weighted by molar-refractivity contribution is 0.410. The molecule has 0 aliphatic carbocycles. The van der Waals surface area contributed by atoms with Crippen molar-refractivity contribution in [2.75, 3.05) is 0 Å². The van der Waals surface area contributed by atoms with Crippen molar-refractivity contribution in [2.45, 2.75) is 97.6 Å². The Morgan fingerprint density at radius 2 is 1.38 bits per heavy atom. The first kappa shape index (κ1) is 16.0. The minimum absolute atomic E-state index is 0.634. The number of hydrogen-bond donors (Lipinski definition) is 1. The lowest BCUT2D eigenvalue weighted by atomic mass is 10.0. The summed E-state index contributed by atoms with van der Waals surface area (Å²) in [6.07, 6.45) is 12.6. The molecule has 0 aromatic heterocycles. The molecule has 0 heterocycles. The number of nitrogens with one attached hydrogen (secondary N) is 1. The van der Waals surface area contributed by atoms with Crippen LogP contribution in [0.5, 0.6) is 0 Å². The molecule has 1 atom stereocenters. The molecule has 0 amide bonds. The molecule has 16 heavy (non-hydrogen) atoms. The van der Waals surface area contributed by atoms with E-state index in [4.69, 9.17) is 0 Å². The zero-order valence-corrected chi connectivity index (χ0v) is 12.0. The third kappa shape index (κ3) is 10.5. The molecule has 0 radical (unpaired) electrons. The van der Waals surface area contributed by atoms with E-state index in [1.807, 2.05) is 0 Å². The molecule has 1 heteroatoms. The van der Waals surface area contributed by atoms with Crippen LogP contribution in [0.1, 0.15) is 85.5 Å². The van der Waals surface area contributed by atoms with E-state index in [-0.39, 0.29) is 0 Å². The third-order valence-electron chi connectivity index (χ3n) is 3.22. The minimum Gasteiger partial charge on any atom is -0.312 e. The summed E-state index contributed by atoms with van der Waals surface area (Å²) in [6.45, 7) is 9.06. The van der Waals surface area contributed by atoms with Gasteiger partial charge in [-0.15, -0.1) is 0 Å². The highest BCUT2D eigenvalue weighted by Crippen LogP contribution is 2.11. The fourth-order valence-corrected chi connectivity index (χ4v) is 2.22. The van der Waals surface area contributed by atoms with Gasteiger partial charge in [0.2, 0.25) is 0 Å². The van der Waals surface area contributed by atoms with Crippen LogP contribution in [-0.4, -0.2) is 12.1 Å². The molecule has 1 unspecified atom stereocenters. The highest BCUT2D eigenvalue weighted by Gasteiger charge is 2.06. The molecule has 1 N–H and O–H groups in total. The van der Waals surface area contributed by atoms with Crippen molar-refractivity contribution in [1.82, 2.24) is 5.32 Å². The number of unbranched alkanes of at least 4 members (excludes halogenated alkanes) is 6. The second kappa shape index (κ2) is 11.4. The van der Waals surface area contributed by atoms with Crippen LogP contribution in [0.4, 0.5) is 0 Å². The van der Waals surface area contributed by atoms with Crippen molar-refractivity contribution >= 4 is 0 Å². The van der Waals surface area contributed by atoms with Gasteiger partial charge >= 0.3 is 0 Å². The summed E-state index contributed by atoms with van der Waals surface area (Å²) in [4.78, 5) is 0. The van der Waals surface area contributed by atoms with Gasteiger partial charge in [0.15, 0.2) is 0 Å². The Morgan fingerprint density at radius 1 is 0.812 bits per heavy atom. The minimum atomic E-state index is 0.634. The average Bonchev–Trinajstić information content (AvgIpc) is 2.25. The molecule has 0 rings (SSSR count). The molecule has 0 fully saturated rings. The van der Waals surface area contributed by atoms with Crippen LogP contribution >= 0.6 is 0 Å². The summed E-state index contributed by atoms with van der Waals surface area (Å²) < 4.78 is 0. The predicted octanol–water partition coefficient (Wildman–Crippen LogP) is 4.90. The van der Waals surface area contributed by atoms with Crippen molar-refractivity contribution in [3.8, 4) is 0 Å². The topological polar surface area (TPSA) is 12.0 Å². The third-order valence-corrected chi connectivity index (χ3v) is 3.22. The smallest absolute Gasteiger partial charge is 0.00667 e. The van der Waals surface area contributed by atoms with E-state index in [2.05, 4.69) is 33.0 Å². The Kier molecular flexibility index (Phi) is 11.4. The maximum Gasteiger partial charge on any atom is 0.00667 e. The predicted molar refractivity (Wildman–Crippen MR) is 75.0 cm³/mol. The molecule has 0 aliphatic rings. The van der Waals surface area contributed by atoms with E-state index in [9.17, 15) is 0 Å². The summed E-state index contributed by atoms with van der Waals surface area (Å²) in [5, 5.41) is 3.64. The van der Waals surface area contributed by atoms with E-state index < -0.39 is 0 Å². The van der Waals surface area contributed by atoms with E-state index in [0.29, 0.717) is 6.04 Å². The zero-order chi connectivity index (χ0) is 12.2. The number of hydrogen-bond acceptors (Lipinski definition) is 1. The molecule has 0 saturated carbocycles. The summed E-state index contributed by atoms with van der Waals surface area (Å²) in [5.41, 5.74) is 0. The fourth-order valence-electron chi connectivity index (χ4n) is 2.22. The van der Waals surface area contributed by atoms with Gasteiger partial charge in [0.25, 0.3) is 0 Å². The van der Waals surface area contributed by atoms with Crippen molar-refractivity contribution in [1.29, 1.82) is 0 Å². The Bertz CT molecular complexity index is 131. The maximum absolute atomic E-state index is 3.64. The van der Waals surface area contributed by atoms with Gasteiger partial charge in [-0.2, -0.15) is 0 Å². The van der Waals surface area contributed by atoms with Crippen LogP contribution in [0.25, 0.3) is 0 Å². The first-order chi connectivity index (χ1) is 7.70. The Morgan fingerprint density at radius 3 is 1.88 bits per heavy atom. The first-order valence-corrected chi connectivity index (χ1v) is 7.46. The van der Waals surface area contributed by atoms with Crippen LogP contribution in [0, 0.1) is 0 Å². The second-order valence-corrected chi connectivity index (χ2v) is 5.34. The van der Waals surface area contributed by atoms with Crippen molar-refractivity contribution in [3.05, 3.63) is 0 Å². The quantitative estimate of drug-likeness (QED) is 0.495. The monoisotopic (exact) mass is 227 g/mol. The van der Waals surface area contributed by atoms with Crippen LogP contribution in [-0.2, 0) is 0 Å². The van der Waals surface area contributed by atoms with Gasteiger partial charge in [-0.05, 0) is 12.8 Å². The second-order valence-electron chi connectivity index (χ2n) is 5.34. The Hall–Kier alpha value is -0.0400. The Labute approximate surface area is 103 Å². The largest absolute Gasteiger partial charge is 0.312 e. The highest BCUT2D eigenvalue weighted by atomic mass is 14.9. The van der Waals surface area contributed by atoms with E-state index in [1.165, 1.54) is 57.8 Å². The van der Waals surface area contributed by atoms with Crippen molar-refractivity contribution in [2.24, 2.45) is 0 Å². The lowest BCUT2D eigenvalue weighted by Gasteiger charge is -2.19. The molecule has 0 saturated heterocycles. The molecule has 0 aromatic rings. The van der Waals surface area contributed by atoms with Crippen LogP contribution in [0.15, 0.2) is 0 Å². The van der Waals surface area contributed by atoms with Crippen LogP contribution in [0.2, 0.25) is 0 Å². The zero-order valence-electron chi connectivity index (χ0n) is 12.0. The molecule has 0 aromatic carbocycles. The standard InChI is InChI=1S/C15H33N/c1-5-7-8-9-10-11-12-13-15(6-2)16-14(3)4/h14-16H,5-13H2,1-4H3. The van der Waals surface area contributed by atoms with Crippen LogP contribution in [0.3, 0.4) is 0 Å². The van der Waals surface area contributed by atoms with Gasteiger partial charge in [0, 0.05) is 12.1 Å². The molecular weight excluding hydrogens is 194 g/mol. The summed E-state index contributed by atoms with van der Waals surface area (Å²) in [7, 11) is 0.